The molecule has 1 aliphatic heterocycles. The van der Waals surface area contributed by atoms with E-state index < -0.39 is 8.56 Å². The zero-order valence-electron chi connectivity index (χ0n) is 9.73. The molecule has 6 heteroatoms. The van der Waals surface area contributed by atoms with Crippen molar-refractivity contribution >= 4 is 8.56 Å². The van der Waals surface area contributed by atoms with Gasteiger partial charge in [0.2, 0.25) is 0 Å². The first-order valence-electron chi connectivity index (χ1n) is 5.05. The minimum atomic E-state index is -1.88. The van der Waals surface area contributed by atoms with Crippen molar-refractivity contribution < 1.29 is 23.8 Å². The van der Waals surface area contributed by atoms with Gasteiger partial charge in [-0.1, -0.05) is 0 Å². The Kier molecular flexibility index (Phi) is 8.21. The number of hydrogen-bond acceptors (Lipinski definition) is 5. The molecule has 1 heterocycles. The van der Waals surface area contributed by atoms with Crippen molar-refractivity contribution in [1.82, 2.24) is 0 Å². The van der Waals surface area contributed by atoms with E-state index in [4.69, 9.17) is 19.1 Å². The van der Waals surface area contributed by atoms with Crippen LogP contribution >= 0.6 is 0 Å². The minimum absolute atomic E-state index is 0.190. The lowest BCUT2D eigenvalue weighted by Gasteiger charge is -2.21. The summed E-state index contributed by atoms with van der Waals surface area (Å²) in [6.07, 6.45) is 0.958. The average molecular weight is 238 g/mol. The Balaban J connectivity index is 0.000000322. The largest absolute Gasteiger partial charge is 0.398 e. The standard InChI is InChI=1S/C6H16O3Si.C3H6O2/c1-8-10(3,9-2)6-4-5-7;4-1-3-2-5-3/h7H,4-6H2,1-3H3;3-4H,1-2H2. The molecular formula is C9H22O5Si. The smallest absolute Gasteiger partial charge is 0.334 e. The summed E-state index contributed by atoms with van der Waals surface area (Å²) in [5, 5.41) is 16.6. The maximum absolute atomic E-state index is 8.53. The average Bonchev–Trinajstić information content (AvgIpc) is 3.10. The summed E-state index contributed by atoms with van der Waals surface area (Å²) < 4.78 is 15.0. The maximum atomic E-state index is 8.53. The predicted octanol–water partition coefficient (Wildman–Crippen LogP) is 0.111. The molecule has 0 aliphatic carbocycles. The second-order valence-electron chi connectivity index (χ2n) is 3.51. The minimum Gasteiger partial charge on any atom is -0.398 e. The maximum Gasteiger partial charge on any atom is 0.334 e. The van der Waals surface area contributed by atoms with E-state index in [0.717, 1.165) is 19.1 Å². The van der Waals surface area contributed by atoms with Gasteiger partial charge in [0.1, 0.15) is 6.10 Å². The number of hydrogen-bond donors (Lipinski definition) is 2. The van der Waals surface area contributed by atoms with Gasteiger partial charge in [0.15, 0.2) is 0 Å². The van der Waals surface area contributed by atoms with Crippen LogP contribution in [0.4, 0.5) is 0 Å². The molecular weight excluding hydrogens is 216 g/mol. The van der Waals surface area contributed by atoms with Gasteiger partial charge in [-0.3, -0.25) is 0 Å². The third kappa shape index (κ3) is 7.89. The van der Waals surface area contributed by atoms with Crippen LogP contribution in [0.15, 0.2) is 0 Å². The van der Waals surface area contributed by atoms with Gasteiger partial charge >= 0.3 is 8.56 Å². The SMILES string of the molecule is CO[Si](C)(CCCO)OC.OCC1CO1. The van der Waals surface area contributed by atoms with Crippen LogP contribution in [-0.2, 0) is 13.6 Å². The van der Waals surface area contributed by atoms with Crippen molar-refractivity contribution in [2.75, 3.05) is 34.0 Å². The van der Waals surface area contributed by atoms with Crippen LogP contribution in [0, 0.1) is 0 Å². The van der Waals surface area contributed by atoms with E-state index in [1.807, 2.05) is 6.55 Å². The topological polar surface area (TPSA) is 71.5 Å². The zero-order chi connectivity index (χ0) is 11.7. The highest BCUT2D eigenvalue weighted by molar-refractivity contribution is 6.65. The van der Waals surface area contributed by atoms with E-state index in [2.05, 4.69) is 4.74 Å². The summed E-state index contributed by atoms with van der Waals surface area (Å²) in [5.74, 6) is 0. The lowest BCUT2D eigenvalue weighted by molar-refractivity contribution is 0.238. The molecule has 0 spiro atoms. The lowest BCUT2D eigenvalue weighted by atomic mass is 10.5. The molecule has 5 nitrogen and oxygen atoms in total. The third-order valence-corrected chi connectivity index (χ3v) is 5.25. The third-order valence-electron chi connectivity index (χ3n) is 2.26. The van der Waals surface area contributed by atoms with Crippen LogP contribution in [0.1, 0.15) is 6.42 Å². The molecule has 1 rings (SSSR count). The van der Waals surface area contributed by atoms with E-state index in [0.29, 0.717) is 0 Å². The number of ether oxygens (including phenoxy) is 1. The summed E-state index contributed by atoms with van der Waals surface area (Å²) in [7, 11) is 1.44. The van der Waals surface area contributed by atoms with Gasteiger partial charge in [-0.15, -0.1) is 0 Å². The van der Waals surface area contributed by atoms with E-state index in [-0.39, 0.29) is 19.3 Å². The molecule has 1 fully saturated rings. The summed E-state index contributed by atoms with van der Waals surface area (Å²) >= 11 is 0. The highest BCUT2D eigenvalue weighted by Crippen LogP contribution is 2.12. The van der Waals surface area contributed by atoms with Gasteiger partial charge in [0.25, 0.3) is 0 Å². The van der Waals surface area contributed by atoms with E-state index >= 15 is 0 Å². The summed E-state index contributed by atoms with van der Waals surface area (Å²) in [4.78, 5) is 0. The van der Waals surface area contributed by atoms with Crippen molar-refractivity contribution in [3.05, 3.63) is 0 Å². The Morgan fingerprint density at radius 3 is 2.07 bits per heavy atom. The second kappa shape index (κ2) is 8.20. The normalized spacial score (nSPS) is 19.4. The molecule has 92 valence electrons. The molecule has 0 amide bonds. The quantitative estimate of drug-likeness (QED) is 0.508. The van der Waals surface area contributed by atoms with Crippen molar-refractivity contribution in [2.24, 2.45) is 0 Å². The molecule has 0 aromatic carbocycles. The molecule has 1 saturated heterocycles. The number of rotatable bonds is 6. The van der Waals surface area contributed by atoms with Crippen LogP contribution < -0.4 is 0 Å². The second-order valence-corrected chi connectivity index (χ2v) is 7.09. The summed E-state index contributed by atoms with van der Waals surface area (Å²) in [6, 6.07) is 0.858. The molecule has 1 atom stereocenters. The fourth-order valence-corrected chi connectivity index (χ4v) is 2.24. The molecule has 0 radical (unpaired) electrons. The van der Waals surface area contributed by atoms with Crippen LogP contribution in [0.3, 0.4) is 0 Å². The molecule has 15 heavy (non-hydrogen) atoms. The highest BCUT2D eigenvalue weighted by atomic mass is 28.4. The lowest BCUT2D eigenvalue weighted by Crippen LogP contribution is -2.35. The van der Waals surface area contributed by atoms with E-state index in [1.165, 1.54) is 0 Å². The van der Waals surface area contributed by atoms with Crippen LogP contribution in [0.25, 0.3) is 0 Å². The van der Waals surface area contributed by atoms with Gasteiger partial charge in [0.05, 0.1) is 13.2 Å². The molecule has 1 unspecified atom stereocenters. The van der Waals surface area contributed by atoms with Crippen molar-refractivity contribution in [2.45, 2.75) is 25.1 Å². The van der Waals surface area contributed by atoms with Crippen LogP contribution in [0.2, 0.25) is 12.6 Å². The van der Waals surface area contributed by atoms with Gasteiger partial charge < -0.3 is 23.8 Å². The fraction of sp³-hybridized carbons (Fsp3) is 1.00. The van der Waals surface area contributed by atoms with Gasteiger partial charge in [-0.25, -0.2) is 0 Å². The van der Waals surface area contributed by atoms with Crippen molar-refractivity contribution in [3.8, 4) is 0 Å². The molecule has 0 aromatic heterocycles. The Bertz CT molecular complexity index is 147. The number of epoxide rings is 1. The first kappa shape index (κ1) is 15.0. The molecule has 2 N–H and O–H groups in total. The zero-order valence-corrected chi connectivity index (χ0v) is 10.7. The van der Waals surface area contributed by atoms with Crippen molar-refractivity contribution in [3.63, 3.8) is 0 Å². The van der Waals surface area contributed by atoms with Gasteiger partial charge in [-0.05, 0) is 19.0 Å². The summed E-state index contributed by atoms with van der Waals surface area (Å²) in [5.41, 5.74) is 0. The van der Waals surface area contributed by atoms with Crippen LogP contribution in [-0.4, -0.2) is 58.9 Å². The van der Waals surface area contributed by atoms with Crippen molar-refractivity contribution in [1.29, 1.82) is 0 Å². The van der Waals surface area contributed by atoms with Gasteiger partial charge in [0, 0.05) is 20.8 Å². The molecule has 0 aromatic rings. The predicted molar refractivity (Wildman–Crippen MR) is 59.0 cm³/mol. The van der Waals surface area contributed by atoms with Crippen LogP contribution in [0.5, 0.6) is 0 Å². The van der Waals surface area contributed by atoms with Gasteiger partial charge in [-0.2, -0.15) is 0 Å². The highest BCUT2D eigenvalue weighted by Gasteiger charge is 2.27. The molecule has 0 saturated carbocycles. The first-order chi connectivity index (χ1) is 7.11. The molecule has 0 bridgehead atoms. The summed E-state index contributed by atoms with van der Waals surface area (Å²) in [6.45, 7) is 3.16. The number of aliphatic hydroxyl groups excluding tert-OH is 2. The molecule has 1 aliphatic rings. The number of aliphatic hydroxyl groups is 2. The Morgan fingerprint density at radius 2 is 1.87 bits per heavy atom. The van der Waals surface area contributed by atoms with E-state index in [1.54, 1.807) is 14.2 Å². The Hall–Kier alpha value is 0.0169. The Labute approximate surface area is 92.2 Å². The fourth-order valence-electron chi connectivity index (χ4n) is 0.861. The monoisotopic (exact) mass is 238 g/mol. The first-order valence-corrected chi connectivity index (χ1v) is 7.58. The Morgan fingerprint density at radius 1 is 1.33 bits per heavy atom. The van der Waals surface area contributed by atoms with E-state index in [9.17, 15) is 0 Å².